The van der Waals surface area contributed by atoms with Crippen LogP contribution in [0.25, 0.3) is 0 Å². The number of piperidine rings is 1. The summed E-state index contributed by atoms with van der Waals surface area (Å²) in [4.78, 5) is 40.0. The summed E-state index contributed by atoms with van der Waals surface area (Å²) in [6.07, 6.45) is 1.71. The minimum absolute atomic E-state index is 0.0172. The van der Waals surface area contributed by atoms with Crippen molar-refractivity contribution in [3.8, 4) is 6.07 Å². The van der Waals surface area contributed by atoms with Crippen molar-refractivity contribution in [2.75, 3.05) is 50.5 Å². The van der Waals surface area contributed by atoms with Crippen molar-refractivity contribution in [3.63, 3.8) is 0 Å². The lowest BCUT2D eigenvalue weighted by atomic mass is 9.94. The molecule has 202 valence electrons. The number of carbonyl (C=O) groups is 2. The van der Waals surface area contributed by atoms with Crippen LogP contribution in [0.4, 0.5) is 11.6 Å². The lowest BCUT2D eigenvalue weighted by molar-refractivity contribution is 0.0523. The average Bonchev–Trinajstić information content (AvgIpc) is 2.92. The molecule has 2 aliphatic rings. The molecule has 2 aliphatic heterocycles. The smallest absolute Gasteiger partial charge is 0.360 e. The van der Waals surface area contributed by atoms with Gasteiger partial charge in [0.05, 0.1) is 19.1 Å². The first-order valence-electron chi connectivity index (χ1n) is 12.5. The molecule has 2 saturated heterocycles. The fourth-order valence-corrected chi connectivity index (χ4v) is 5.73. The molecule has 0 saturated carbocycles. The first-order chi connectivity index (χ1) is 18.1. The maximum atomic E-state index is 13.3. The maximum Gasteiger partial charge on any atom is 0.360 e. The van der Waals surface area contributed by atoms with E-state index in [-0.39, 0.29) is 28.6 Å². The number of nitrogens with two attached hydrogens (primary N) is 1. The van der Waals surface area contributed by atoms with E-state index in [2.05, 4.69) is 32.6 Å². The van der Waals surface area contributed by atoms with E-state index in [1.54, 1.807) is 25.1 Å². The number of anilines is 2. The molecule has 3 heterocycles. The van der Waals surface area contributed by atoms with Gasteiger partial charge >= 0.3 is 5.97 Å². The van der Waals surface area contributed by atoms with Gasteiger partial charge < -0.3 is 20.3 Å². The SMILES string of the molecule is COC(=O)c1nc(Cl)c(N2CCN(C3CCN(C(=O)c4ccc(Cl)cc4C(C)C#N)CC3)C(C)C2)nc1N. The zero-order chi connectivity index (χ0) is 27.6. The van der Waals surface area contributed by atoms with Gasteiger partial charge in [0.25, 0.3) is 5.91 Å². The number of amides is 1. The fraction of sp³-hybridized carbons (Fsp3) is 0.500. The first-order valence-corrected chi connectivity index (χ1v) is 13.3. The van der Waals surface area contributed by atoms with Crippen LogP contribution in [-0.2, 0) is 4.74 Å². The van der Waals surface area contributed by atoms with Crippen LogP contribution in [0.15, 0.2) is 18.2 Å². The van der Waals surface area contributed by atoms with Gasteiger partial charge in [-0.25, -0.2) is 14.8 Å². The molecule has 4 rings (SSSR count). The molecule has 2 fully saturated rings. The Labute approximate surface area is 232 Å². The molecule has 2 unspecified atom stereocenters. The van der Waals surface area contributed by atoms with E-state index < -0.39 is 11.9 Å². The molecule has 12 heteroatoms. The summed E-state index contributed by atoms with van der Waals surface area (Å²) in [5.74, 6) is -0.729. The zero-order valence-electron chi connectivity index (χ0n) is 21.7. The number of rotatable bonds is 5. The number of piperazine rings is 1. The van der Waals surface area contributed by atoms with Crippen molar-refractivity contribution in [2.24, 2.45) is 0 Å². The molecule has 1 amide bonds. The Morgan fingerprint density at radius 3 is 2.53 bits per heavy atom. The van der Waals surface area contributed by atoms with Crippen molar-refractivity contribution >= 4 is 46.7 Å². The number of methoxy groups -OCH3 is 1. The van der Waals surface area contributed by atoms with E-state index in [1.807, 2.05) is 9.80 Å². The summed E-state index contributed by atoms with van der Waals surface area (Å²) in [5.41, 5.74) is 7.06. The number of aromatic nitrogens is 2. The highest BCUT2D eigenvalue weighted by Crippen LogP contribution is 2.30. The number of ether oxygens (including phenoxy) is 1. The van der Waals surface area contributed by atoms with Gasteiger partial charge in [0, 0.05) is 55.4 Å². The van der Waals surface area contributed by atoms with Crippen molar-refractivity contribution in [1.82, 2.24) is 19.8 Å². The van der Waals surface area contributed by atoms with Gasteiger partial charge in [-0.3, -0.25) is 9.69 Å². The molecule has 38 heavy (non-hydrogen) atoms. The van der Waals surface area contributed by atoms with Gasteiger partial charge in [-0.15, -0.1) is 0 Å². The number of hydrogen-bond acceptors (Lipinski definition) is 9. The van der Waals surface area contributed by atoms with Crippen LogP contribution in [0.5, 0.6) is 0 Å². The third kappa shape index (κ3) is 5.65. The number of likely N-dealkylation sites (tertiary alicyclic amines) is 1. The molecule has 2 N–H and O–H groups in total. The number of benzene rings is 1. The van der Waals surface area contributed by atoms with Crippen molar-refractivity contribution in [1.29, 1.82) is 5.26 Å². The topological polar surface area (TPSA) is 129 Å². The summed E-state index contributed by atoms with van der Waals surface area (Å²) in [6.45, 7) is 7.35. The van der Waals surface area contributed by atoms with Crippen LogP contribution in [0.1, 0.15) is 59.0 Å². The molecule has 1 aromatic carbocycles. The monoisotopic (exact) mass is 559 g/mol. The molecule has 0 radical (unpaired) electrons. The van der Waals surface area contributed by atoms with E-state index in [0.717, 1.165) is 19.4 Å². The van der Waals surface area contributed by atoms with E-state index in [0.29, 0.717) is 54.2 Å². The van der Waals surface area contributed by atoms with Crippen LogP contribution < -0.4 is 10.6 Å². The second-order valence-electron chi connectivity index (χ2n) is 9.70. The van der Waals surface area contributed by atoms with Gasteiger partial charge in [0.2, 0.25) is 0 Å². The molecule has 2 aromatic rings. The molecule has 1 aromatic heterocycles. The average molecular weight is 560 g/mol. The quantitative estimate of drug-likeness (QED) is 0.546. The van der Waals surface area contributed by atoms with Crippen molar-refractivity contribution in [2.45, 2.75) is 44.7 Å². The number of nitrogen functional groups attached to an aromatic ring is 1. The van der Waals surface area contributed by atoms with Gasteiger partial charge in [0.1, 0.15) is 0 Å². The lowest BCUT2D eigenvalue weighted by Gasteiger charge is -2.46. The number of halogens is 2. The van der Waals surface area contributed by atoms with Crippen LogP contribution in [0.2, 0.25) is 10.2 Å². The highest BCUT2D eigenvalue weighted by molar-refractivity contribution is 6.32. The Morgan fingerprint density at radius 1 is 1.18 bits per heavy atom. The third-order valence-corrected chi connectivity index (χ3v) is 7.83. The van der Waals surface area contributed by atoms with Gasteiger partial charge in [-0.05, 0) is 50.5 Å². The first kappa shape index (κ1) is 27.9. The number of nitrogens with zero attached hydrogens (tertiary/aromatic N) is 6. The lowest BCUT2D eigenvalue weighted by Crippen LogP contribution is -2.58. The molecule has 0 bridgehead atoms. The molecule has 10 nitrogen and oxygen atoms in total. The number of nitriles is 1. The summed E-state index contributed by atoms with van der Waals surface area (Å²) < 4.78 is 4.69. The maximum absolute atomic E-state index is 13.3. The van der Waals surface area contributed by atoms with Gasteiger partial charge in [-0.1, -0.05) is 23.2 Å². The predicted octanol–water partition coefficient (Wildman–Crippen LogP) is 3.59. The van der Waals surface area contributed by atoms with Gasteiger partial charge in [-0.2, -0.15) is 5.26 Å². The second-order valence-corrected chi connectivity index (χ2v) is 10.5. The van der Waals surface area contributed by atoms with Gasteiger partial charge in [0.15, 0.2) is 22.5 Å². The minimum Gasteiger partial charge on any atom is -0.464 e. The summed E-state index contributed by atoms with van der Waals surface area (Å²) in [5, 5.41) is 10.0. The predicted molar refractivity (Wildman–Crippen MR) is 146 cm³/mol. The zero-order valence-corrected chi connectivity index (χ0v) is 23.2. The molecule has 2 atom stereocenters. The van der Waals surface area contributed by atoms with Crippen LogP contribution in [0, 0.1) is 11.3 Å². The Hall–Kier alpha value is -3.13. The fourth-order valence-electron chi connectivity index (χ4n) is 5.30. The summed E-state index contributed by atoms with van der Waals surface area (Å²) >= 11 is 12.5. The Bertz CT molecular complexity index is 1260. The molecular formula is C26H31Cl2N7O3. The van der Waals surface area contributed by atoms with E-state index >= 15 is 0 Å². The van der Waals surface area contributed by atoms with Crippen LogP contribution in [-0.4, -0.2) is 83.6 Å². The Kier molecular flexibility index (Phi) is 8.61. The highest BCUT2D eigenvalue weighted by atomic mass is 35.5. The molecule has 0 aliphatic carbocycles. The summed E-state index contributed by atoms with van der Waals surface area (Å²) in [6, 6.07) is 7.89. The standard InChI is InChI=1S/C26H31Cl2N7O3/c1-15(13-29)20-12-17(27)4-5-19(20)25(36)33-8-6-18(7-9-33)35-11-10-34(14-16(35)2)24-22(28)31-21(23(30)32-24)26(37)38-3/h4-5,12,15-16,18H,6-11,14H2,1-3H3,(H2,30,32). The number of carbonyl (C=O) groups excluding carboxylic acids is 2. The van der Waals surface area contributed by atoms with Crippen molar-refractivity contribution in [3.05, 3.63) is 45.2 Å². The minimum atomic E-state index is -0.682. The number of esters is 1. The Morgan fingerprint density at radius 2 is 1.89 bits per heavy atom. The molecule has 0 spiro atoms. The number of hydrogen-bond donors (Lipinski definition) is 1. The second kappa shape index (κ2) is 11.7. The van der Waals surface area contributed by atoms with Crippen molar-refractivity contribution < 1.29 is 14.3 Å². The summed E-state index contributed by atoms with van der Waals surface area (Å²) in [7, 11) is 1.25. The highest BCUT2D eigenvalue weighted by Gasteiger charge is 2.34. The van der Waals surface area contributed by atoms with Crippen LogP contribution in [0.3, 0.4) is 0 Å². The molecular weight excluding hydrogens is 529 g/mol. The third-order valence-electron chi connectivity index (χ3n) is 7.35. The van der Waals surface area contributed by atoms with E-state index in [4.69, 9.17) is 28.9 Å². The normalized spacial score (nSPS) is 19.6. The van der Waals surface area contributed by atoms with E-state index in [1.165, 1.54) is 7.11 Å². The van der Waals surface area contributed by atoms with Crippen LogP contribution >= 0.6 is 23.2 Å². The Balaban J connectivity index is 1.38. The largest absolute Gasteiger partial charge is 0.464 e. The van der Waals surface area contributed by atoms with E-state index in [9.17, 15) is 14.9 Å².